The van der Waals surface area contributed by atoms with Gasteiger partial charge < -0.3 is 14.1 Å². The van der Waals surface area contributed by atoms with Gasteiger partial charge in [-0.3, -0.25) is 4.79 Å². The maximum Gasteiger partial charge on any atom is 0.227 e. The number of amides is 1. The minimum atomic E-state index is 0.162. The smallest absolute Gasteiger partial charge is 0.227 e. The van der Waals surface area contributed by atoms with Crippen LogP contribution >= 0.6 is 11.8 Å². The van der Waals surface area contributed by atoms with Gasteiger partial charge in [0.1, 0.15) is 11.5 Å². The Labute approximate surface area is 140 Å². The zero-order valence-electron chi connectivity index (χ0n) is 13.2. The molecule has 1 fully saturated rings. The number of hydrogen-bond acceptors (Lipinski definition) is 4. The van der Waals surface area contributed by atoms with Gasteiger partial charge in [-0.15, -0.1) is 11.8 Å². The molecule has 0 spiro atoms. The summed E-state index contributed by atoms with van der Waals surface area (Å²) in [6, 6.07) is 11.7. The first-order chi connectivity index (χ1) is 11.3. The number of ether oxygens (including phenoxy) is 1. The zero-order valence-corrected chi connectivity index (χ0v) is 14.1. The van der Waals surface area contributed by atoms with Crippen LogP contribution in [0.4, 0.5) is 0 Å². The van der Waals surface area contributed by atoms with E-state index in [1.807, 2.05) is 53.1 Å². The summed E-state index contributed by atoms with van der Waals surface area (Å²) in [5.74, 6) is 2.88. The first-order valence-electron chi connectivity index (χ1n) is 7.82. The fourth-order valence-electron chi connectivity index (χ4n) is 2.85. The highest BCUT2D eigenvalue weighted by Crippen LogP contribution is 2.34. The number of carbonyl (C=O) groups is 1. The number of rotatable bonds is 4. The molecule has 0 radical (unpaired) electrons. The van der Waals surface area contributed by atoms with E-state index in [0.29, 0.717) is 11.7 Å². The molecule has 0 aliphatic carbocycles. The van der Waals surface area contributed by atoms with Gasteiger partial charge in [0.05, 0.1) is 25.0 Å². The van der Waals surface area contributed by atoms with E-state index >= 15 is 0 Å². The number of methoxy groups -OCH3 is 1. The SMILES string of the molecule is COc1ccccc1CC(=O)N1CCSC(c2ccco2)CC1. The van der Waals surface area contributed by atoms with E-state index in [2.05, 4.69) is 0 Å². The van der Waals surface area contributed by atoms with Crippen LogP contribution in [-0.4, -0.2) is 36.8 Å². The van der Waals surface area contributed by atoms with Crippen LogP contribution < -0.4 is 4.74 Å². The van der Waals surface area contributed by atoms with Gasteiger partial charge in [-0.25, -0.2) is 0 Å². The molecule has 0 N–H and O–H groups in total. The van der Waals surface area contributed by atoms with Crippen molar-refractivity contribution >= 4 is 17.7 Å². The first kappa shape index (κ1) is 16.0. The van der Waals surface area contributed by atoms with E-state index in [1.54, 1.807) is 13.4 Å². The Balaban J connectivity index is 1.62. The van der Waals surface area contributed by atoms with Crippen molar-refractivity contribution in [3.63, 3.8) is 0 Å². The normalized spacial score (nSPS) is 18.5. The highest BCUT2D eigenvalue weighted by atomic mass is 32.2. The van der Waals surface area contributed by atoms with Crippen molar-refractivity contribution in [3.8, 4) is 5.75 Å². The summed E-state index contributed by atoms with van der Waals surface area (Å²) < 4.78 is 10.8. The van der Waals surface area contributed by atoms with Gasteiger partial charge in [0, 0.05) is 24.4 Å². The van der Waals surface area contributed by atoms with Crippen LogP contribution in [0.15, 0.2) is 47.1 Å². The third-order valence-corrected chi connectivity index (χ3v) is 5.38. The zero-order chi connectivity index (χ0) is 16.1. The Bertz CT molecular complexity index is 641. The van der Waals surface area contributed by atoms with Crippen LogP contribution in [0.3, 0.4) is 0 Å². The topological polar surface area (TPSA) is 42.7 Å². The highest BCUT2D eigenvalue weighted by Gasteiger charge is 2.24. The van der Waals surface area contributed by atoms with Crippen LogP contribution in [0.2, 0.25) is 0 Å². The number of thioether (sulfide) groups is 1. The molecule has 0 saturated carbocycles. The fraction of sp³-hybridized carbons (Fsp3) is 0.389. The lowest BCUT2D eigenvalue weighted by molar-refractivity contribution is -0.130. The highest BCUT2D eigenvalue weighted by molar-refractivity contribution is 7.99. The molecule has 1 aromatic heterocycles. The van der Waals surface area contributed by atoms with Crippen molar-refractivity contribution in [2.45, 2.75) is 18.1 Å². The molecule has 1 amide bonds. The summed E-state index contributed by atoms with van der Waals surface area (Å²) >= 11 is 1.86. The van der Waals surface area contributed by atoms with Crippen molar-refractivity contribution in [1.82, 2.24) is 4.90 Å². The number of carbonyl (C=O) groups excluding carboxylic acids is 1. The standard InChI is InChI=1S/C18H21NO3S/c1-21-15-6-3-2-5-14(15)13-18(20)19-9-8-17(23-12-10-19)16-7-4-11-22-16/h2-7,11,17H,8-10,12-13H2,1H3. The summed E-state index contributed by atoms with van der Waals surface area (Å²) in [6.07, 6.45) is 3.03. The molecule has 2 aromatic rings. The predicted molar refractivity (Wildman–Crippen MR) is 91.8 cm³/mol. The van der Waals surface area contributed by atoms with Crippen molar-refractivity contribution in [2.75, 3.05) is 26.0 Å². The van der Waals surface area contributed by atoms with Crippen molar-refractivity contribution in [1.29, 1.82) is 0 Å². The molecule has 1 unspecified atom stereocenters. The number of benzene rings is 1. The number of hydrogen-bond donors (Lipinski definition) is 0. The van der Waals surface area contributed by atoms with Crippen LogP contribution in [0.1, 0.15) is 23.0 Å². The Morgan fingerprint density at radius 1 is 1.30 bits per heavy atom. The van der Waals surface area contributed by atoms with Gasteiger partial charge in [0.2, 0.25) is 5.91 Å². The van der Waals surface area contributed by atoms with Crippen LogP contribution in [-0.2, 0) is 11.2 Å². The predicted octanol–water partition coefficient (Wildman–Crippen LogP) is 3.54. The van der Waals surface area contributed by atoms with Gasteiger partial charge >= 0.3 is 0 Å². The Hall–Kier alpha value is -1.88. The van der Waals surface area contributed by atoms with E-state index in [4.69, 9.17) is 9.15 Å². The molecule has 1 saturated heterocycles. The third-order valence-electron chi connectivity index (χ3n) is 4.09. The molecule has 1 aromatic carbocycles. The van der Waals surface area contributed by atoms with Crippen molar-refractivity contribution < 1.29 is 13.9 Å². The molecule has 23 heavy (non-hydrogen) atoms. The van der Waals surface area contributed by atoms with E-state index < -0.39 is 0 Å². The Kier molecular flexibility index (Phi) is 5.28. The summed E-state index contributed by atoms with van der Waals surface area (Å²) in [7, 11) is 1.64. The van der Waals surface area contributed by atoms with Gasteiger partial charge in [0.25, 0.3) is 0 Å². The Morgan fingerprint density at radius 2 is 2.17 bits per heavy atom. The molecule has 5 heteroatoms. The quantitative estimate of drug-likeness (QED) is 0.859. The Morgan fingerprint density at radius 3 is 2.96 bits per heavy atom. The van der Waals surface area contributed by atoms with E-state index in [1.165, 1.54) is 0 Å². The molecule has 1 aliphatic rings. The average molecular weight is 331 g/mol. The lowest BCUT2D eigenvalue weighted by Gasteiger charge is -2.20. The maximum atomic E-state index is 12.6. The number of para-hydroxylation sites is 1. The largest absolute Gasteiger partial charge is 0.496 e. The average Bonchev–Trinajstić information content (AvgIpc) is 3.00. The maximum absolute atomic E-state index is 12.6. The summed E-state index contributed by atoms with van der Waals surface area (Å²) in [4.78, 5) is 14.6. The molecular formula is C18H21NO3S. The number of nitrogens with zero attached hydrogens (tertiary/aromatic N) is 1. The van der Waals surface area contributed by atoms with Crippen LogP contribution in [0, 0.1) is 0 Å². The second-order valence-electron chi connectivity index (χ2n) is 5.53. The van der Waals surface area contributed by atoms with Gasteiger partial charge in [0.15, 0.2) is 0 Å². The van der Waals surface area contributed by atoms with Gasteiger partial charge in [-0.2, -0.15) is 0 Å². The minimum Gasteiger partial charge on any atom is -0.496 e. The van der Waals surface area contributed by atoms with E-state index in [-0.39, 0.29) is 5.91 Å². The lowest BCUT2D eigenvalue weighted by Crippen LogP contribution is -2.34. The molecule has 122 valence electrons. The number of furan rings is 1. The molecule has 0 bridgehead atoms. The lowest BCUT2D eigenvalue weighted by atomic mass is 10.1. The minimum absolute atomic E-state index is 0.162. The second kappa shape index (κ2) is 7.59. The molecule has 3 rings (SSSR count). The third kappa shape index (κ3) is 3.91. The van der Waals surface area contributed by atoms with E-state index in [0.717, 1.165) is 42.3 Å². The molecule has 4 nitrogen and oxygen atoms in total. The monoisotopic (exact) mass is 331 g/mol. The molecule has 1 atom stereocenters. The van der Waals surface area contributed by atoms with Gasteiger partial charge in [-0.1, -0.05) is 18.2 Å². The second-order valence-corrected chi connectivity index (χ2v) is 6.84. The fourth-order valence-corrected chi connectivity index (χ4v) is 4.03. The van der Waals surface area contributed by atoms with Crippen LogP contribution in [0.25, 0.3) is 0 Å². The first-order valence-corrected chi connectivity index (χ1v) is 8.87. The van der Waals surface area contributed by atoms with E-state index in [9.17, 15) is 4.79 Å². The summed E-state index contributed by atoms with van der Waals surface area (Å²) in [5.41, 5.74) is 0.944. The van der Waals surface area contributed by atoms with Crippen LogP contribution in [0.5, 0.6) is 5.75 Å². The summed E-state index contributed by atoms with van der Waals surface area (Å²) in [6.45, 7) is 1.56. The molecular weight excluding hydrogens is 310 g/mol. The van der Waals surface area contributed by atoms with Gasteiger partial charge in [-0.05, 0) is 24.6 Å². The summed E-state index contributed by atoms with van der Waals surface area (Å²) in [5, 5.41) is 0.342. The molecule has 2 heterocycles. The molecule has 1 aliphatic heterocycles. The van der Waals surface area contributed by atoms with Crippen molar-refractivity contribution in [2.24, 2.45) is 0 Å². The van der Waals surface area contributed by atoms with Crippen molar-refractivity contribution in [3.05, 3.63) is 54.0 Å².